The minimum absolute atomic E-state index is 0.129. The number of fused-ring (bicyclic) bond motifs is 2. The smallest absolute Gasteiger partial charge is 0.253 e. The van der Waals surface area contributed by atoms with Crippen molar-refractivity contribution < 1.29 is 14.2 Å². The SMILES string of the molecule is COc1ccc(NC(=S)N(Cc2ccc3c(c2)OCO3)Cc2cc3c(C)cc(C)cc3[nH]c2=O)cc1. The van der Waals surface area contributed by atoms with Crippen LogP contribution < -0.4 is 25.1 Å². The van der Waals surface area contributed by atoms with E-state index in [2.05, 4.69) is 23.3 Å². The molecule has 0 saturated carbocycles. The van der Waals surface area contributed by atoms with E-state index in [9.17, 15) is 4.79 Å². The first kappa shape index (κ1) is 23.7. The van der Waals surface area contributed by atoms with Crippen molar-refractivity contribution in [2.45, 2.75) is 26.9 Å². The van der Waals surface area contributed by atoms with Crippen LogP contribution >= 0.6 is 12.2 Å². The molecule has 0 aliphatic carbocycles. The number of methoxy groups -OCH3 is 1. The number of hydrogen-bond donors (Lipinski definition) is 2. The number of benzene rings is 3. The quantitative estimate of drug-likeness (QED) is 0.348. The Labute approximate surface area is 214 Å². The van der Waals surface area contributed by atoms with Crippen LogP contribution in [0.25, 0.3) is 10.9 Å². The molecule has 0 spiro atoms. The summed E-state index contributed by atoms with van der Waals surface area (Å²) in [5, 5.41) is 4.81. The highest BCUT2D eigenvalue weighted by Crippen LogP contribution is 2.33. The number of rotatable bonds is 6. The second-order valence-corrected chi connectivity index (χ2v) is 9.26. The van der Waals surface area contributed by atoms with E-state index in [-0.39, 0.29) is 12.4 Å². The Balaban J connectivity index is 1.46. The van der Waals surface area contributed by atoms with Gasteiger partial charge in [0.1, 0.15) is 5.75 Å². The summed E-state index contributed by atoms with van der Waals surface area (Å²) in [6.07, 6.45) is 0. The molecule has 2 N–H and O–H groups in total. The van der Waals surface area contributed by atoms with Gasteiger partial charge in [-0.1, -0.05) is 12.1 Å². The van der Waals surface area contributed by atoms with E-state index in [4.69, 9.17) is 26.4 Å². The summed E-state index contributed by atoms with van der Waals surface area (Å²) in [7, 11) is 1.63. The second-order valence-electron chi connectivity index (χ2n) is 8.87. The number of thiocarbonyl (C=S) groups is 1. The molecule has 184 valence electrons. The molecule has 0 fully saturated rings. The van der Waals surface area contributed by atoms with Crippen LogP contribution in [0.2, 0.25) is 0 Å². The third-order valence-electron chi connectivity index (χ3n) is 6.19. The van der Waals surface area contributed by atoms with Crippen LogP contribution in [-0.4, -0.2) is 28.9 Å². The van der Waals surface area contributed by atoms with Gasteiger partial charge in [0.15, 0.2) is 16.6 Å². The summed E-state index contributed by atoms with van der Waals surface area (Å²) in [4.78, 5) is 18.1. The predicted octanol–water partition coefficient (Wildman–Crippen LogP) is 5.28. The highest BCUT2D eigenvalue weighted by Gasteiger charge is 2.18. The first-order valence-electron chi connectivity index (χ1n) is 11.6. The average Bonchev–Trinajstić information content (AvgIpc) is 3.32. The van der Waals surface area contributed by atoms with E-state index < -0.39 is 0 Å². The van der Waals surface area contributed by atoms with Gasteiger partial charge in [0, 0.05) is 28.7 Å². The minimum atomic E-state index is -0.129. The van der Waals surface area contributed by atoms with Crippen LogP contribution in [0, 0.1) is 13.8 Å². The van der Waals surface area contributed by atoms with Crippen molar-refractivity contribution in [1.82, 2.24) is 9.88 Å². The fraction of sp³-hybridized carbons (Fsp3) is 0.214. The van der Waals surface area contributed by atoms with Crippen molar-refractivity contribution in [1.29, 1.82) is 0 Å². The first-order valence-corrected chi connectivity index (χ1v) is 12.0. The molecular weight excluding hydrogens is 474 g/mol. The number of nitrogens with zero attached hydrogens (tertiary/aromatic N) is 1. The number of aromatic nitrogens is 1. The van der Waals surface area contributed by atoms with Crippen LogP contribution in [0.3, 0.4) is 0 Å². The van der Waals surface area contributed by atoms with Gasteiger partial charge < -0.3 is 29.4 Å². The van der Waals surface area contributed by atoms with Crippen LogP contribution in [0.5, 0.6) is 17.2 Å². The van der Waals surface area contributed by atoms with E-state index in [0.717, 1.165) is 44.8 Å². The van der Waals surface area contributed by atoms with Crippen molar-refractivity contribution in [2.75, 3.05) is 19.2 Å². The minimum Gasteiger partial charge on any atom is -0.497 e. The number of H-pyrrole nitrogens is 1. The maximum Gasteiger partial charge on any atom is 0.253 e. The predicted molar refractivity (Wildman–Crippen MR) is 145 cm³/mol. The lowest BCUT2D eigenvalue weighted by molar-refractivity contribution is 0.174. The van der Waals surface area contributed by atoms with Gasteiger partial charge in [-0.3, -0.25) is 4.79 Å². The van der Waals surface area contributed by atoms with Crippen molar-refractivity contribution in [3.05, 3.63) is 93.3 Å². The number of nitrogens with one attached hydrogen (secondary N) is 2. The molecule has 7 nitrogen and oxygen atoms in total. The molecule has 0 saturated heterocycles. The molecule has 1 aromatic heterocycles. The Morgan fingerprint density at radius 2 is 1.81 bits per heavy atom. The number of ether oxygens (including phenoxy) is 3. The van der Waals surface area contributed by atoms with Gasteiger partial charge in [-0.2, -0.15) is 0 Å². The molecule has 2 heterocycles. The molecule has 36 heavy (non-hydrogen) atoms. The Morgan fingerprint density at radius 1 is 1.03 bits per heavy atom. The fourth-order valence-corrected chi connectivity index (χ4v) is 4.62. The number of anilines is 1. The fourth-order valence-electron chi connectivity index (χ4n) is 4.38. The number of pyridine rings is 1. The molecule has 4 aromatic rings. The van der Waals surface area contributed by atoms with E-state index in [1.54, 1.807) is 7.11 Å². The van der Waals surface area contributed by atoms with E-state index in [0.29, 0.717) is 29.5 Å². The van der Waals surface area contributed by atoms with E-state index in [1.807, 2.05) is 66.4 Å². The third-order valence-corrected chi connectivity index (χ3v) is 6.55. The first-order chi connectivity index (χ1) is 17.4. The Kier molecular flexibility index (Phi) is 6.52. The summed E-state index contributed by atoms with van der Waals surface area (Å²) in [6.45, 7) is 5.09. The van der Waals surface area contributed by atoms with Gasteiger partial charge in [-0.05, 0) is 91.3 Å². The van der Waals surface area contributed by atoms with Crippen molar-refractivity contribution in [3.63, 3.8) is 0 Å². The summed E-state index contributed by atoms with van der Waals surface area (Å²) in [6, 6.07) is 19.4. The maximum atomic E-state index is 13.1. The monoisotopic (exact) mass is 501 g/mol. The van der Waals surface area contributed by atoms with Gasteiger partial charge in [-0.15, -0.1) is 0 Å². The van der Waals surface area contributed by atoms with Crippen molar-refractivity contribution >= 4 is 33.9 Å². The van der Waals surface area contributed by atoms with Crippen molar-refractivity contribution in [2.24, 2.45) is 0 Å². The topological polar surface area (TPSA) is 75.8 Å². The second kappa shape index (κ2) is 9.91. The number of aryl methyl sites for hydroxylation is 2. The largest absolute Gasteiger partial charge is 0.497 e. The zero-order valence-electron chi connectivity index (χ0n) is 20.4. The average molecular weight is 502 g/mol. The normalized spacial score (nSPS) is 12.0. The van der Waals surface area contributed by atoms with Gasteiger partial charge in [0.25, 0.3) is 5.56 Å². The molecule has 0 amide bonds. The Morgan fingerprint density at radius 3 is 2.58 bits per heavy atom. The van der Waals surface area contributed by atoms with Gasteiger partial charge in [0.05, 0.1) is 13.7 Å². The van der Waals surface area contributed by atoms with Gasteiger partial charge in [0.2, 0.25) is 6.79 Å². The summed E-state index contributed by atoms with van der Waals surface area (Å²) < 4.78 is 16.2. The van der Waals surface area contributed by atoms with Gasteiger partial charge >= 0.3 is 0 Å². The third kappa shape index (κ3) is 4.99. The summed E-state index contributed by atoms with van der Waals surface area (Å²) in [5.41, 5.74) is 5.38. The van der Waals surface area contributed by atoms with Gasteiger partial charge in [-0.25, -0.2) is 0 Å². The van der Waals surface area contributed by atoms with E-state index >= 15 is 0 Å². The number of aromatic amines is 1. The van der Waals surface area contributed by atoms with Crippen LogP contribution in [0.1, 0.15) is 22.3 Å². The molecule has 1 aliphatic heterocycles. The molecular formula is C28H27N3O4S. The summed E-state index contributed by atoms with van der Waals surface area (Å²) >= 11 is 5.81. The summed E-state index contributed by atoms with van der Waals surface area (Å²) in [5.74, 6) is 2.19. The highest BCUT2D eigenvalue weighted by molar-refractivity contribution is 7.80. The molecule has 1 aliphatic rings. The lowest BCUT2D eigenvalue weighted by atomic mass is 10.0. The molecule has 0 atom stereocenters. The molecule has 0 unspecified atom stereocenters. The van der Waals surface area contributed by atoms with E-state index in [1.165, 1.54) is 0 Å². The zero-order chi connectivity index (χ0) is 25.2. The lowest BCUT2D eigenvalue weighted by Gasteiger charge is -2.26. The molecule has 8 heteroatoms. The van der Waals surface area contributed by atoms with Crippen LogP contribution in [-0.2, 0) is 13.1 Å². The van der Waals surface area contributed by atoms with Crippen LogP contribution in [0.4, 0.5) is 5.69 Å². The Hall–Kier alpha value is -4.04. The molecule has 0 radical (unpaired) electrons. The lowest BCUT2D eigenvalue weighted by Crippen LogP contribution is -2.35. The maximum absolute atomic E-state index is 13.1. The Bertz CT molecular complexity index is 1500. The standard InChI is InChI=1S/C28H27N3O4S/c1-17-10-18(2)23-13-20(27(32)30-24(23)11-17)15-31(14-19-4-9-25-26(12-19)35-16-34-25)28(36)29-21-5-7-22(33-3)8-6-21/h4-13H,14-16H2,1-3H3,(H,29,36)(H,30,32). The highest BCUT2D eigenvalue weighted by atomic mass is 32.1. The number of hydrogen-bond acceptors (Lipinski definition) is 5. The van der Waals surface area contributed by atoms with Crippen LogP contribution in [0.15, 0.2) is 65.5 Å². The zero-order valence-corrected chi connectivity index (χ0v) is 21.2. The molecule has 3 aromatic carbocycles. The molecule has 0 bridgehead atoms. The molecule has 5 rings (SSSR count). The van der Waals surface area contributed by atoms with Crippen molar-refractivity contribution in [3.8, 4) is 17.2 Å².